The Morgan fingerprint density at radius 1 is 1.14 bits per heavy atom. The lowest BCUT2D eigenvalue weighted by atomic mass is 10.0. The van der Waals surface area contributed by atoms with Gasteiger partial charge in [0.05, 0.1) is 46.9 Å². The van der Waals surface area contributed by atoms with Gasteiger partial charge in [0.1, 0.15) is 11.6 Å². The monoisotopic (exact) mass is 624 g/mol. The van der Waals surface area contributed by atoms with Gasteiger partial charge in [-0.25, -0.2) is 27.9 Å². The van der Waals surface area contributed by atoms with E-state index >= 15 is 0 Å². The number of carbonyl (C=O) groups is 2. The molecule has 43 heavy (non-hydrogen) atoms. The number of hydrogen-bond acceptors (Lipinski definition) is 10. The highest BCUT2D eigenvalue weighted by atomic mass is 32.2. The second kappa shape index (κ2) is 11.2. The Kier molecular flexibility index (Phi) is 7.32. The smallest absolute Gasteiger partial charge is 0.415 e. The summed E-state index contributed by atoms with van der Waals surface area (Å²) in [6.07, 6.45) is 3.63. The van der Waals surface area contributed by atoms with Crippen molar-refractivity contribution in [1.82, 2.24) is 19.6 Å². The number of thiazole rings is 1. The van der Waals surface area contributed by atoms with E-state index in [-0.39, 0.29) is 22.4 Å². The lowest BCUT2D eigenvalue weighted by Gasteiger charge is -2.27. The number of cyclic esters (lactones) is 1. The molecule has 1 saturated carbocycles. The fourth-order valence-corrected chi connectivity index (χ4v) is 7.99. The van der Waals surface area contributed by atoms with Crippen molar-refractivity contribution < 1.29 is 27.5 Å². The average molecular weight is 625 g/mol. The summed E-state index contributed by atoms with van der Waals surface area (Å²) in [5.41, 5.74) is 2.35. The van der Waals surface area contributed by atoms with Crippen LogP contribution in [-0.2, 0) is 26.0 Å². The van der Waals surface area contributed by atoms with E-state index in [4.69, 9.17) is 9.47 Å². The molecule has 1 aliphatic carbocycles. The van der Waals surface area contributed by atoms with Gasteiger partial charge in [-0.2, -0.15) is 0 Å². The van der Waals surface area contributed by atoms with E-state index in [0.29, 0.717) is 79.0 Å². The molecule has 0 spiro atoms. The zero-order chi connectivity index (χ0) is 29.7. The maximum atomic E-state index is 13.6. The maximum absolute atomic E-state index is 13.6. The van der Waals surface area contributed by atoms with E-state index in [1.807, 2.05) is 13.0 Å². The molecule has 0 radical (unpaired) electrons. The second-order valence-electron chi connectivity index (χ2n) is 11.4. The summed E-state index contributed by atoms with van der Waals surface area (Å²) in [4.78, 5) is 39.0. The topological polar surface area (TPSA) is 143 Å². The minimum Gasteiger partial charge on any atom is -0.449 e. The van der Waals surface area contributed by atoms with Crippen LogP contribution in [0.15, 0.2) is 35.2 Å². The van der Waals surface area contributed by atoms with Crippen LogP contribution in [0, 0.1) is 12.8 Å². The molecule has 1 aromatic carbocycles. The van der Waals surface area contributed by atoms with Gasteiger partial charge in [0.25, 0.3) is 5.91 Å². The third kappa shape index (κ3) is 5.71. The first-order valence-corrected chi connectivity index (χ1v) is 16.8. The van der Waals surface area contributed by atoms with Crippen molar-refractivity contribution in [3.8, 4) is 10.4 Å². The van der Waals surface area contributed by atoms with Gasteiger partial charge in [0, 0.05) is 19.6 Å². The molecular formula is C29H32N6O6S2. The molecular weight excluding hydrogens is 592 g/mol. The molecule has 2 saturated heterocycles. The van der Waals surface area contributed by atoms with Crippen LogP contribution in [0.3, 0.4) is 0 Å². The summed E-state index contributed by atoms with van der Waals surface area (Å²) < 4.78 is 40.3. The van der Waals surface area contributed by atoms with E-state index < -0.39 is 16.1 Å². The number of aromatic nitrogens is 2. The molecule has 12 nitrogen and oxygen atoms in total. The van der Waals surface area contributed by atoms with Gasteiger partial charge in [0.15, 0.2) is 5.13 Å². The number of aryl methyl sites for hydroxylation is 1. The SMILES string of the molecule is Cc1nc(Nc2cccc(N3CCCOC3=O)n2)sc1-c1cc2c(c(S(=O)(=O)NC3COC3)c1)C(=O)N(CCC1CC1)C2. The number of fused-ring (bicyclic) bond motifs is 1. The average Bonchev–Trinajstić information content (AvgIpc) is 3.65. The fourth-order valence-electron chi connectivity index (χ4n) is 5.56. The van der Waals surface area contributed by atoms with E-state index in [9.17, 15) is 18.0 Å². The normalized spacial score (nSPS) is 18.9. The predicted octanol–water partition coefficient (Wildman–Crippen LogP) is 4.04. The minimum atomic E-state index is -3.99. The van der Waals surface area contributed by atoms with Gasteiger partial charge in [0.2, 0.25) is 10.0 Å². The highest BCUT2D eigenvalue weighted by molar-refractivity contribution is 7.89. The Morgan fingerprint density at radius 3 is 2.72 bits per heavy atom. The molecule has 4 aliphatic rings. The number of amides is 2. The molecule has 0 atom stereocenters. The molecule has 7 rings (SSSR count). The molecule has 226 valence electrons. The molecule has 0 unspecified atom stereocenters. The highest BCUT2D eigenvalue weighted by Gasteiger charge is 2.37. The zero-order valence-electron chi connectivity index (χ0n) is 23.7. The number of nitrogens with zero attached hydrogens (tertiary/aromatic N) is 4. The first-order valence-electron chi connectivity index (χ1n) is 14.5. The van der Waals surface area contributed by atoms with Gasteiger partial charge in [-0.1, -0.05) is 30.2 Å². The lowest BCUT2D eigenvalue weighted by molar-refractivity contribution is 0.00481. The van der Waals surface area contributed by atoms with Crippen molar-refractivity contribution in [2.24, 2.45) is 5.92 Å². The Balaban J connectivity index is 1.19. The van der Waals surface area contributed by atoms with Crippen LogP contribution in [-0.4, -0.2) is 74.2 Å². The molecule has 5 heterocycles. The quantitative estimate of drug-likeness (QED) is 0.342. The van der Waals surface area contributed by atoms with Gasteiger partial charge in [-0.05, 0) is 61.1 Å². The summed E-state index contributed by atoms with van der Waals surface area (Å²) in [5, 5.41) is 3.79. The van der Waals surface area contributed by atoms with Crippen LogP contribution in [0.25, 0.3) is 10.4 Å². The van der Waals surface area contributed by atoms with Gasteiger partial charge < -0.3 is 19.7 Å². The van der Waals surface area contributed by atoms with Crippen molar-refractivity contribution >= 4 is 50.1 Å². The minimum absolute atomic E-state index is 0.00378. The van der Waals surface area contributed by atoms with Crippen LogP contribution < -0.4 is 14.9 Å². The van der Waals surface area contributed by atoms with E-state index in [2.05, 4.69) is 20.0 Å². The number of benzene rings is 1. The van der Waals surface area contributed by atoms with E-state index in [1.54, 1.807) is 29.2 Å². The highest BCUT2D eigenvalue weighted by Crippen LogP contribution is 2.40. The number of sulfonamides is 1. The standard InChI is InChI=1S/C29H32N6O6S2/c1-17-26(42-28(30-17)32-23-4-2-5-24(31-23)35-9-3-11-41-29(35)37)19-12-20-14-34(10-8-18-6-7-18)27(36)25(20)22(13-19)43(38,39)33-21-15-40-16-21/h2,4-5,12-13,18,21,33H,3,6-11,14-16H2,1H3,(H,30,31,32). The number of nitrogens with one attached hydrogen (secondary N) is 2. The van der Waals surface area contributed by atoms with E-state index in [0.717, 1.165) is 17.7 Å². The molecule has 2 aromatic heterocycles. The summed E-state index contributed by atoms with van der Waals surface area (Å²) in [6, 6.07) is 8.53. The molecule has 0 bridgehead atoms. The predicted molar refractivity (Wildman–Crippen MR) is 160 cm³/mol. The van der Waals surface area contributed by atoms with Crippen molar-refractivity contribution in [2.75, 3.05) is 43.1 Å². The number of rotatable bonds is 10. The van der Waals surface area contributed by atoms with Crippen LogP contribution in [0.1, 0.15) is 47.3 Å². The fraction of sp³-hybridized carbons (Fsp3) is 0.448. The van der Waals surface area contributed by atoms with Gasteiger partial charge >= 0.3 is 6.09 Å². The van der Waals surface area contributed by atoms with Crippen molar-refractivity contribution in [1.29, 1.82) is 0 Å². The first kappa shape index (κ1) is 28.2. The summed E-state index contributed by atoms with van der Waals surface area (Å²) in [7, 11) is -3.99. The number of carbonyl (C=O) groups excluding carboxylic acids is 2. The summed E-state index contributed by atoms with van der Waals surface area (Å²) >= 11 is 1.37. The van der Waals surface area contributed by atoms with Crippen molar-refractivity contribution in [2.45, 2.75) is 50.1 Å². The lowest BCUT2D eigenvalue weighted by Crippen LogP contribution is -2.48. The number of ether oxygens (including phenoxy) is 2. The molecule has 14 heteroatoms. The van der Waals surface area contributed by atoms with Crippen LogP contribution in [0.5, 0.6) is 0 Å². The Morgan fingerprint density at radius 2 is 1.98 bits per heavy atom. The molecule has 3 fully saturated rings. The first-order chi connectivity index (χ1) is 20.7. The van der Waals surface area contributed by atoms with Gasteiger partial charge in [-0.15, -0.1) is 0 Å². The largest absolute Gasteiger partial charge is 0.449 e. The Hall–Kier alpha value is -3.59. The summed E-state index contributed by atoms with van der Waals surface area (Å²) in [6.45, 7) is 4.40. The summed E-state index contributed by atoms with van der Waals surface area (Å²) in [5.74, 6) is 1.42. The van der Waals surface area contributed by atoms with Crippen LogP contribution in [0.2, 0.25) is 0 Å². The molecule has 3 aromatic rings. The number of pyridine rings is 1. The molecule has 2 N–H and O–H groups in total. The third-order valence-electron chi connectivity index (χ3n) is 8.08. The van der Waals surface area contributed by atoms with Crippen molar-refractivity contribution in [3.05, 3.63) is 47.2 Å². The zero-order valence-corrected chi connectivity index (χ0v) is 25.3. The number of anilines is 3. The Bertz CT molecular complexity index is 1700. The number of hydrogen-bond donors (Lipinski definition) is 2. The Labute approximate surface area is 253 Å². The molecule has 2 amide bonds. The molecule has 3 aliphatic heterocycles. The van der Waals surface area contributed by atoms with Crippen LogP contribution >= 0.6 is 11.3 Å². The van der Waals surface area contributed by atoms with E-state index in [1.165, 1.54) is 29.1 Å². The van der Waals surface area contributed by atoms with Crippen LogP contribution in [0.4, 0.5) is 21.6 Å². The van der Waals surface area contributed by atoms with Gasteiger partial charge in [-0.3, -0.25) is 9.69 Å². The maximum Gasteiger partial charge on any atom is 0.415 e. The second-order valence-corrected chi connectivity index (χ2v) is 14.1. The third-order valence-corrected chi connectivity index (χ3v) is 10.7. The van der Waals surface area contributed by atoms with Crippen molar-refractivity contribution in [3.63, 3.8) is 0 Å².